The van der Waals surface area contributed by atoms with E-state index in [-0.39, 0.29) is 0 Å². The van der Waals surface area contributed by atoms with Crippen LogP contribution in [-0.2, 0) is 0 Å². The first-order chi connectivity index (χ1) is 73.0. The molecule has 9 aromatic heterocycles. The van der Waals surface area contributed by atoms with Crippen molar-refractivity contribution in [2.75, 3.05) is 0 Å². The molecule has 0 unspecified atom stereocenters. The highest BCUT2D eigenvalue weighted by atomic mass is 32.1. The molecule has 29 aromatic rings. The van der Waals surface area contributed by atoms with Gasteiger partial charge in [0.1, 0.15) is 44.0 Å². The van der Waals surface area contributed by atoms with E-state index in [1.165, 1.54) is 0 Å². The van der Waals surface area contributed by atoms with E-state index >= 15 is 0 Å². The van der Waals surface area contributed by atoms with E-state index in [0.29, 0.717) is 0 Å². The van der Waals surface area contributed by atoms with Gasteiger partial charge in [-0.05, 0) is 126 Å². The summed E-state index contributed by atoms with van der Waals surface area (Å²) in [4.78, 5) is 0. The van der Waals surface area contributed by atoms with E-state index in [0.717, 1.165) is 261 Å². The molecule has 0 bridgehead atoms. The standard InChI is InChI=1S/2C46H30N4O.C40H25N3OS/c1-5-16-31(17-6-1)41-38-28-29-40-42(44(38)51-43(41)32-18-7-2-8-19-32)37-26-13-14-27-39(37)49(40)36-25-15-22-34(30-36)46-48-47-45(33-20-9-3-10-21-33)50(46)35-23-11-4-12-24-35;1-5-16-31(17-6-1)41-38-28-29-40-42(44(38)51-43(41)32-18-7-2-8-19-32)37-26-13-14-27-39(37)49(40)35-24-15-25-36(30-35)50-45(33-20-9-3-10-21-33)47-48-46(50)34-22-11-4-12-23-34;1-4-13-26(14-5-1)35-32-23-24-34-36(38(32)44-37(35)27-15-6-2-7-16-27)31-21-10-11-22-33(31)43(34)30-20-12-19-29(25-30)40-42-41-39(45-40)28-17-8-3-9-18-28/h2*1-30H;1-25H. The van der Waals surface area contributed by atoms with Crippen molar-refractivity contribution < 1.29 is 13.3 Å². The van der Waals surface area contributed by atoms with Crippen LogP contribution >= 0.6 is 11.3 Å². The van der Waals surface area contributed by atoms with Crippen molar-refractivity contribution in [2.45, 2.75) is 0 Å². The van der Waals surface area contributed by atoms with Crippen LogP contribution in [0.4, 0.5) is 0 Å². The molecule has 9 heterocycles. The number of nitrogens with zero attached hydrogens (tertiary/aromatic N) is 11. The molecule has 0 N–H and O–H groups in total. The Hall–Kier alpha value is -19.7. The van der Waals surface area contributed by atoms with Crippen molar-refractivity contribution in [3.63, 3.8) is 0 Å². The number of hydrogen-bond acceptors (Lipinski definition) is 10. The van der Waals surface area contributed by atoms with Gasteiger partial charge in [0.25, 0.3) is 0 Å². The van der Waals surface area contributed by atoms with Gasteiger partial charge < -0.3 is 27.0 Å². The van der Waals surface area contributed by atoms with Gasteiger partial charge in [-0.2, -0.15) is 0 Å². The fraction of sp³-hybridized carbons (Fsp3) is 0. The Labute approximate surface area is 848 Å². The van der Waals surface area contributed by atoms with E-state index in [1.807, 2.05) is 109 Å². The van der Waals surface area contributed by atoms with Crippen LogP contribution in [0.15, 0.2) is 529 Å². The van der Waals surface area contributed by atoms with Crippen molar-refractivity contribution in [1.29, 1.82) is 0 Å². The van der Waals surface area contributed by atoms with Gasteiger partial charge in [-0.25, -0.2) is 0 Å². The van der Waals surface area contributed by atoms with Gasteiger partial charge in [-0.1, -0.05) is 418 Å². The molecule has 147 heavy (non-hydrogen) atoms. The molecule has 0 saturated carbocycles. The van der Waals surface area contributed by atoms with Gasteiger partial charge in [0, 0.05) is 122 Å². The number of para-hydroxylation sites is 4. The van der Waals surface area contributed by atoms with Crippen LogP contribution in [0.5, 0.6) is 0 Å². The van der Waals surface area contributed by atoms with E-state index in [4.69, 9.17) is 33.6 Å². The van der Waals surface area contributed by atoms with E-state index in [1.54, 1.807) is 11.3 Å². The van der Waals surface area contributed by atoms with Crippen LogP contribution in [0.25, 0.3) is 261 Å². The topological polar surface area (TPSA) is 141 Å². The normalized spacial score (nSPS) is 11.5. The monoisotopic (exact) mass is 1900 g/mol. The SMILES string of the molecule is c1ccc(-c2nnc(-c3cccc(-n4c5ccccc5c5c6oc(-c7ccccc7)c(-c7ccccc7)c6ccc54)c3)s2)cc1.c1ccc(-c2oc3c(ccc4c3c3ccccc3n4-c3cccc(-c4nnc(-c5ccccc5)n4-c4ccccc4)c3)c2-c2ccccc2)cc1.c1ccc(-c2oc3c(ccc4c3c3ccccc3n4-c3cccc(-n4c(-c5ccccc5)nnc4-c4ccccc4)c3)c2-c2ccccc2)cc1. The Kier molecular flexibility index (Phi) is 21.8. The van der Waals surface area contributed by atoms with Crippen LogP contribution in [-0.4, -0.2) is 53.4 Å². The molecule has 20 aromatic carbocycles. The summed E-state index contributed by atoms with van der Waals surface area (Å²) in [5, 5.41) is 39.8. The number of aromatic nitrogens is 11. The largest absolute Gasteiger partial charge is 0.455 e. The highest BCUT2D eigenvalue weighted by molar-refractivity contribution is 7.18. The second-order valence-corrected chi connectivity index (χ2v) is 37.4. The number of hydrogen-bond donors (Lipinski definition) is 0. The van der Waals surface area contributed by atoms with Crippen molar-refractivity contribution in [3.8, 4) is 162 Å². The first kappa shape index (κ1) is 86.4. The summed E-state index contributed by atoms with van der Waals surface area (Å²) in [6.07, 6.45) is 0. The van der Waals surface area contributed by atoms with Crippen LogP contribution in [0, 0.1) is 0 Å². The second kappa shape index (κ2) is 37.0. The zero-order valence-electron chi connectivity index (χ0n) is 79.1. The van der Waals surface area contributed by atoms with Gasteiger partial charge in [-0.15, -0.1) is 30.6 Å². The van der Waals surface area contributed by atoms with E-state index in [9.17, 15) is 0 Å². The maximum absolute atomic E-state index is 6.99. The molecule has 0 radical (unpaired) electrons. The summed E-state index contributed by atoms with van der Waals surface area (Å²) < 4.78 is 32.2. The highest BCUT2D eigenvalue weighted by Gasteiger charge is 2.30. The molecule has 0 spiro atoms. The number of benzene rings is 20. The summed E-state index contributed by atoms with van der Waals surface area (Å²) in [6, 6.07) is 179. The zero-order chi connectivity index (χ0) is 97.2. The predicted octanol–water partition coefficient (Wildman–Crippen LogP) is 34.6. The molecule has 0 aliphatic carbocycles. The van der Waals surface area contributed by atoms with Gasteiger partial charge >= 0.3 is 0 Å². The molecule has 0 amide bonds. The highest BCUT2D eigenvalue weighted by Crippen LogP contribution is 2.52. The van der Waals surface area contributed by atoms with E-state index < -0.39 is 0 Å². The summed E-state index contributed by atoms with van der Waals surface area (Å²) in [5.74, 6) is 5.77. The molecule has 692 valence electrons. The van der Waals surface area contributed by atoms with Gasteiger partial charge in [0.05, 0.1) is 54.9 Å². The summed E-state index contributed by atoms with van der Waals surface area (Å²) in [5.41, 5.74) is 30.3. The maximum atomic E-state index is 6.99. The molecule has 0 aliphatic rings. The maximum Gasteiger partial charge on any atom is 0.168 e. The smallest absolute Gasteiger partial charge is 0.168 e. The average Bonchev–Trinajstić information content (AvgIpc) is 1.56. The van der Waals surface area contributed by atoms with Crippen molar-refractivity contribution in [1.82, 2.24) is 53.4 Å². The Balaban J connectivity index is 0.000000109. The number of furan rings is 3. The lowest BCUT2D eigenvalue weighted by Crippen LogP contribution is -2.02. The minimum atomic E-state index is 0.774. The lowest BCUT2D eigenvalue weighted by Gasteiger charge is -2.14. The van der Waals surface area contributed by atoms with Crippen LogP contribution in [0.3, 0.4) is 0 Å². The third-order valence-corrected chi connectivity index (χ3v) is 28.7. The van der Waals surface area contributed by atoms with Crippen molar-refractivity contribution >= 4 is 110 Å². The molecular weight excluding hydrogens is 1820 g/mol. The molecular formula is C132H85N11O3S. The third kappa shape index (κ3) is 15.3. The quantitative estimate of drug-likeness (QED) is 0.0871. The molecule has 14 nitrogen and oxygen atoms in total. The van der Waals surface area contributed by atoms with Crippen molar-refractivity contribution in [2.24, 2.45) is 0 Å². The lowest BCUT2D eigenvalue weighted by atomic mass is 9.98. The number of rotatable bonds is 17. The fourth-order valence-corrected chi connectivity index (χ4v) is 22.1. The molecule has 0 fully saturated rings. The molecule has 15 heteroatoms. The fourth-order valence-electron chi connectivity index (χ4n) is 21.2. The van der Waals surface area contributed by atoms with Crippen molar-refractivity contribution in [3.05, 3.63) is 516 Å². The first-order valence-electron chi connectivity index (χ1n) is 49.1. The second-order valence-electron chi connectivity index (χ2n) is 36.4. The molecule has 0 aliphatic heterocycles. The summed E-state index contributed by atoms with van der Waals surface area (Å²) in [7, 11) is 0. The third-order valence-electron chi connectivity index (χ3n) is 27.7. The summed E-state index contributed by atoms with van der Waals surface area (Å²) in [6.45, 7) is 0. The molecule has 29 rings (SSSR count). The summed E-state index contributed by atoms with van der Waals surface area (Å²) >= 11 is 1.61. The van der Waals surface area contributed by atoms with Crippen LogP contribution in [0.1, 0.15) is 0 Å². The average molecular weight is 1910 g/mol. The first-order valence-corrected chi connectivity index (χ1v) is 49.9. The lowest BCUT2D eigenvalue weighted by molar-refractivity contribution is 0.635. The Morgan fingerprint density at radius 2 is 0.395 bits per heavy atom. The van der Waals surface area contributed by atoms with Gasteiger partial charge in [-0.3, -0.25) is 9.13 Å². The number of fused-ring (bicyclic) bond motifs is 15. The molecule has 0 atom stereocenters. The minimum Gasteiger partial charge on any atom is -0.455 e. The van der Waals surface area contributed by atoms with Crippen LogP contribution < -0.4 is 0 Å². The van der Waals surface area contributed by atoms with E-state index in [2.05, 4.69) is 439 Å². The minimum absolute atomic E-state index is 0.774. The Morgan fingerprint density at radius 1 is 0.156 bits per heavy atom. The Bertz CT molecular complexity index is 9900. The van der Waals surface area contributed by atoms with Gasteiger partial charge in [0.15, 0.2) is 23.3 Å². The van der Waals surface area contributed by atoms with Gasteiger partial charge in [0.2, 0.25) is 0 Å². The zero-order valence-corrected chi connectivity index (χ0v) is 79.9. The molecule has 0 saturated heterocycles. The predicted molar refractivity (Wildman–Crippen MR) is 600 cm³/mol. The van der Waals surface area contributed by atoms with Crippen LogP contribution in [0.2, 0.25) is 0 Å². The Morgan fingerprint density at radius 3 is 0.741 bits per heavy atom.